The van der Waals surface area contributed by atoms with Crippen LogP contribution in [-0.4, -0.2) is 11.5 Å². The molecular weight excluding hydrogens is 192 g/mol. The van der Waals surface area contributed by atoms with Gasteiger partial charge in [-0.2, -0.15) is 0 Å². The molecule has 2 rings (SSSR count). The molecule has 1 N–H and O–H groups in total. The molecule has 0 aliphatic heterocycles. The third-order valence-electron chi connectivity index (χ3n) is 2.73. The number of nitrogens with zero attached hydrogens (tertiary/aromatic N) is 1. The van der Waals surface area contributed by atoms with E-state index in [4.69, 9.17) is 0 Å². The first kappa shape index (κ1) is 10.1. The highest BCUT2D eigenvalue weighted by atomic mass is 32.1. The molecule has 0 aromatic carbocycles. The Hall–Kier alpha value is -0.410. The number of aromatic nitrogens is 1. The van der Waals surface area contributed by atoms with Crippen molar-refractivity contribution in [3.8, 4) is 0 Å². The van der Waals surface area contributed by atoms with Crippen molar-refractivity contribution in [2.24, 2.45) is 5.92 Å². The molecule has 14 heavy (non-hydrogen) atoms. The Balaban J connectivity index is 1.84. The van der Waals surface area contributed by atoms with E-state index < -0.39 is 0 Å². The number of rotatable bonds is 5. The van der Waals surface area contributed by atoms with Gasteiger partial charge in [-0.05, 0) is 25.3 Å². The van der Waals surface area contributed by atoms with Crippen LogP contribution in [0.15, 0.2) is 5.38 Å². The molecule has 0 amide bonds. The fraction of sp³-hybridized carbons (Fsp3) is 0.727. The first-order valence-corrected chi connectivity index (χ1v) is 6.34. The molecule has 1 saturated carbocycles. The van der Waals surface area contributed by atoms with Crippen LogP contribution >= 0.6 is 11.3 Å². The van der Waals surface area contributed by atoms with E-state index in [1.807, 2.05) is 11.3 Å². The van der Waals surface area contributed by atoms with Gasteiger partial charge in [-0.3, -0.25) is 0 Å². The van der Waals surface area contributed by atoms with Crippen molar-refractivity contribution in [2.45, 2.75) is 39.2 Å². The third-order valence-corrected chi connectivity index (χ3v) is 3.75. The Kier molecular flexibility index (Phi) is 3.19. The van der Waals surface area contributed by atoms with Gasteiger partial charge in [0.25, 0.3) is 0 Å². The summed E-state index contributed by atoms with van der Waals surface area (Å²) in [5, 5.41) is 6.93. The molecule has 2 atom stereocenters. The van der Waals surface area contributed by atoms with Crippen molar-refractivity contribution in [1.82, 2.24) is 10.3 Å². The quantitative estimate of drug-likeness (QED) is 0.756. The molecule has 1 aliphatic carbocycles. The molecule has 0 spiro atoms. The SMILES string of the molecule is CCCNCc1csc(C2CC2C)n1. The molecule has 1 aromatic heterocycles. The molecular formula is C11H18N2S. The topological polar surface area (TPSA) is 24.9 Å². The fourth-order valence-corrected chi connectivity index (χ4v) is 2.70. The maximum Gasteiger partial charge on any atom is 0.0962 e. The van der Waals surface area contributed by atoms with Crippen molar-refractivity contribution in [1.29, 1.82) is 0 Å². The van der Waals surface area contributed by atoms with Gasteiger partial charge in [0, 0.05) is 17.8 Å². The second-order valence-corrected chi connectivity index (χ2v) is 5.06. The molecule has 0 saturated heterocycles. The first-order valence-electron chi connectivity index (χ1n) is 5.46. The molecule has 3 heteroatoms. The van der Waals surface area contributed by atoms with Crippen LogP contribution in [0.3, 0.4) is 0 Å². The largest absolute Gasteiger partial charge is 0.311 e. The maximum atomic E-state index is 4.65. The van der Waals surface area contributed by atoms with Gasteiger partial charge < -0.3 is 5.32 Å². The summed E-state index contributed by atoms with van der Waals surface area (Å²) in [5.74, 6) is 1.65. The van der Waals surface area contributed by atoms with Crippen LogP contribution in [-0.2, 0) is 6.54 Å². The summed E-state index contributed by atoms with van der Waals surface area (Å²) < 4.78 is 0. The monoisotopic (exact) mass is 210 g/mol. The van der Waals surface area contributed by atoms with Crippen molar-refractivity contribution >= 4 is 11.3 Å². The van der Waals surface area contributed by atoms with E-state index in [1.54, 1.807) is 0 Å². The Morgan fingerprint density at radius 1 is 1.64 bits per heavy atom. The zero-order valence-electron chi connectivity index (χ0n) is 8.92. The summed E-state index contributed by atoms with van der Waals surface area (Å²) in [6.45, 7) is 6.52. The highest BCUT2D eigenvalue weighted by Crippen LogP contribution is 2.47. The van der Waals surface area contributed by atoms with Crippen molar-refractivity contribution in [3.63, 3.8) is 0 Å². The summed E-state index contributed by atoms with van der Waals surface area (Å²) >= 11 is 1.83. The lowest BCUT2D eigenvalue weighted by Crippen LogP contribution is -2.13. The summed E-state index contributed by atoms with van der Waals surface area (Å²) in [6.07, 6.45) is 2.53. The maximum absolute atomic E-state index is 4.65. The number of hydrogen-bond donors (Lipinski definition) is 1. The lowest BCUT2D eigenvalue weighted by molar-refractivity contribution is 0.665. The Morgan fingerprint density at radius 3 is 3.07 bits per heavy atom. The van der Waals surface area contributed by atoms with Gasteiger partial charge in [-0.15, -0.1) is 11.3 Å². The minimum atomic E-state index is 0.778. The second-order valence-electron chi connectivity index (χ2n) is 4.17. The summed E-state index contributed by atoms with van der Waals surface area (Å²) in [6, 6.07) is 0. The number of hydrogen-bond acceptors (Lipinski definition) is 3. The molecule has 0 bridgehead atoms. The minimum absolute atomic E-state index is 0.778. The molecule has 1 aliphatic rings. The van der Waals surface area contributed by atoms with Crippen molar-refractivity contribution < 1.29 is 0 Å². The zero-order valence-corrected chi connectivity index (χ0v) is 9.73. The summed E-state index contributed by atoms with van der Waals surface area (Å²) in [4.78, 5) is 4.65. The van der Waals surface area contributed by atoms with Crippen molar-refractivity contribution in [2.75, 3.05) is 6.54 Å². The Bertz CT molecular complexity index is 295. The second kappa shape index (κ2) is 4.41. The molecule has 0 radical (unpaired) electrons. The van der Waals surface area contributed by atoms with Crippen LogP contribution in [0, 0.1) is 5.92 Å². The minimum Gasteiger partial charge on any atom is -0.311 e. The van der Waals surface area contributed by atoms with Crippen LogP contribution in [0.2, 0.25) is 0 Å². The van der Waals surface area contributed by atoms with Crippen LogP contribution in [0.1, 0.15) is 43.3 Å². The van der Waals surface area contributed by atoms with Gasteiger partial charge in [0.1, 0.15) is 0 Å². The van der Waals surface area contributed by atoms with Gasteiger partial charge in [0.15, 0.2) is 0 Å². The van der Waals surface area contributed by atoms with Crippen molar-refractivity contribution in [3.05, 3.63) is 16.1 Å². The van der Waals surface area contributed by atoms with Gasteiger partial charge >= 0.3 is 0 Å². The predicted molar refractivity (Wildman–Crippen MR) is 60.6 cm³/mol. The van der Waals surface area contributed by atoms with Gasteiger partial charge in [-0.25, -0.2) is 4.98 Å². The Labute approximate surface area is 89.8 Å². The van der Waals surface area contributed by atoms with E-state index in [0.717, 1.165) is 24.9 Å². The molecule has 1 aromatic rings. The van der Waals surface area contributed by atoms with Crippen LogP contribution in [0.25, 0.3) is 0 Å². The van der Waals surface area contributed by atoms with Gasteiger partial charge in [0.2, 0.25) is 0 Å². The molecule has 2 nitrogen and oxygen atoms in total. The van der Waals surface area contributed by atoms with E-state index in [2.05, 4.69) is 29.5 Å². The van der Waals surface area contributed by atoms with E-state index in [1.165, 1.54) is 23.5 Å². The van der Waals surface area contributed by atoms with Crippen LogP contribution in [0.4, 0.5) is 0 Å². The first-order chi connectivity index (χ1) is 6.81. The predicted octanol–water partition coefficient (Wildman–Crippen LogP) is 2.77. The Morgan fingerprint density at radius 2 is 2.43 bits per heavy atom. The lowest BCUT2D eigenvalue weighted by atomic mass is 10.3. The standard InChI is InChI=1S/C11H18N2S/c1-3-4-12-6-9-7-14-11(13-9)10-5-8(10)2/h7-8,10,12H,3-6H2,1-2H3. The average molecular weight is 210 g/mol. The van der Waals surface area contributed by atoms with Crippen LogP contribution < -0.4 is 5.32 Å². The van der Waals surface area contributed by atoms with E-state index >= 15 is 0 Å². The van der Waals surface area contributed by atoms with Gasteiger partial charge in [0.05, 0.1) is 10.7 Å². The average Bonchev–Trinajstić information content (AvgIpc) is 2.74. The number of nitrogens with one attached hydrogen (secondary N) is 1. The van der Waals surface area contributed by atoms with Gasteiger partial charge in [-0.1, -0.05) is 13.8 Å². The molecule has 1 heterocycles. The van der Waals surface area contributed by atoms with Crippen LogP contribution in [0.5, 0.6) is 0 Å². The molecule has 1 fully saturated rings. The van der Waals surface area contributed by atoms with E-state index in [9.17, 15) is 0 Å². The summed E-state index contributed by atoms with van der Waals surface area (Å²) in [7, 11) is 0. The normalized spacial score (nSPS) is 25.3. The number of thiazole rings is 1. The zero-order chi connectivity index (χ0) is 9.97. The molecule has 2 unspecified atom stereocenters. The van der Waals surface area contributed by atoms with E-state index in [0.29, 0.717) is 0 Å². The smallest absolute Gasteiger partial charge is 0.0962 e. The molecule has 78 valence electrons. The highest BCUT2D eigenvalue weighted by molar-refractivity contribution is 7.09. The lowest BCUT2D eigenvalue weighted by Gasteiger charge is -1.98. The highest BCUT2D eigenvalue weighted by Gasteiger charge is 2.36. The third kappa shape index (κ3) is 2.34. The fourth-order valence-electron chi connectivity index (χ4n) is 1.63. The summed E-state index contributed by atoms with van der Waals surface area (Å²) in [5.41, 5.74) is 1.22. The van der Waals surface area contributed by atoms with E-state index in [-0.39, 0.29) is 0 Å².